The number of aromatic carboxylic acids is 1. The minimum atomic E-state index is -3.23. The SMILES string of the molecule is O=C(O)c1ncc(C(F)F)c([N+](=O)[O-])c1O. The molecule has 0 aliphatic carbocycles. The number of aromatic nitrogens is 1. The lowest BCUT2D eigenvalue weighted by Gasteiger charge is -2.04. The summed E-state index contributed by atoms with van der Waals surface area (Å²) in [6, 6.07) is 0. The topological polar surface area (TPSA) is 114 Å². The third kappa shape index (κ3) is 1.87. The van der Waals surface area contributed by atoms with E-state index in [1.807, 2.05) is 0 Å². The Bertz CT molecular complexity index is 462. The Labute approximate surface area is 86.1 Å². The molecule has 0 saturated heterocycles. The largest absolute Gasteiger partial charge is 0.500 e. The number of carboxylic acids is 1. The van der Waals surface area contributed by atoms with Crippen LogP contribution in [-0.2, 0) is 0 Å². The molecule has 16 heavy (non-hydrogen) atoms. The van der Waals surface area contributed by atoms with Crippen LogP contribution in [-0.4, -0.2) is 26.1 Å². The first kappa shape index (κ1) is 11.8. The molecule has 0 bridgehead atoms. The van der Waals surface area contributed by atoms with Crippen molar-refractivity contribution in [3.05, 3.63) is 27.6 Å². The zero-order valence-corrected chi connectivity index (χ0v) is 7.42. The van der Waals surface area contributed by atoms with Crippen LogP contribution in [0.25, 0.3) is 0 Å². The van der Waals surface area contributed by atoms with Gasteiger partial charge in [-0.3, -0.25) is 10.1 Å². The summed E-state index contributed by atoms with van der Waals surface area (Å²) in [4.78, 5) is 22.6. The van der Waals surface area contributed by atoms with E-state index >= 15 is 0 Å². The lowest BCUT2D eigenvalue weighted by Crippen LogP contribution is -2.06. The zero-order valence-electron chi connectivity index (χ0n) is 7.42. The molecule has 86 valence electrons. The number of nitrogens with zero attached hydrogens (tertiary/aromatic N) is 2. The van der Waals surface area contributed by atoms with Gasteiger partial charge in [0, 0.05) is 6.20 Å². The molecular formula is C7H4F2N2O5. The zero-order chi connectivity index (χ0) is 12.5. The molecule has 7 nitrogen and oxygen atoms in total. The van der Waals surface area contributed by atoms with Crippen LogP contribution in [0.15, 0.2) is 6.20 Å². The van der Waals surface area contributed by atoms with Gasteiger partial charge in [-0.15, -0.1) is 0 Å². The third-order valence-electron chi connectivity index (χ3n) is 1.68. The summed E-state index contributed by atoms with van der Waals surface area (Å²) in [7, 11) is 0. The highest BCUT2D eigenvalue weighted by Crippen LogP contribution is 2.36. The first-order valence-electron chi connectivity index (χ1n) is 3.74. The number of hydrogen-bond acceptors (Lipinski definition) is 5. The molecular weight excluding hydrogens is 230 g/mol. The number of alkyl halides is 2. The maximum absolute atomic E-state index is 12.3. The molecule has 0 atom stereocenters. The molecule has 0 aliphatic heterocycles. The number of aromatic hydroxyl groups is 1. The molecule has 1 heterocycles. The maximum atomic E-state index is 12.3. The second-order valence-corrected chi connectivity index (χ2v) is 2.62. The number of halogens is 2. The number of nitro groups is 1. The second-order valence-electron chi connectivity index (χ2n) is 2.62. The summed E-state index contributed by atoms with van der Waals surface area (Å²) in [5.74, 6) is -3.13. The Kier molecular flexibility index (Phi) is 2.97. The van der Waals surface area contributed by atoms with Crippen LogP contribution in [0.5, 0.6) is 5.75 Å². The summed E-state index contributed by atoms with van der Waals surface area (Å²) >= 11 is 0. The van der Waals surface area contributed by atoms with Crippen LogP contribution in [0.4, 0.5) is 14.5 Å². The average Bonchev–Trinajstić information content (AvgIpc) is 2.15. The smallest absolute Gasteiger partial charge is 0.358 e. The molecule has 9 heteroatoms. The summed E-state index contributed by atoms with van der Waals surface area (Å²) < 4.78 is 24.6. The van der Waals surface area contributed by atoms with Crippen LogP contribution in [0, 0.1) is 10.1 Å². The highest BCUT2D eigenvalue weighted by atomic mass is 19.3. The Morgan fingerprint density at radius 1 is 1.56 bits per heavy atom. The van der Waals surface area contributed by atoms with Gasteiger partial charge in [-0.2, -0.15) is 0 Å². The molecule has 2 N–H and O–H groups in total. The Hall–Kier alpha value is -2.32. The maximum Gasteiger partial charge on any atom is 0.358 e. The van der Waals surface area contributed by atoms with Crippen molar-refractivity contribution in [1.82, 2.24) is 4.98 Å². The average molecular weight is 234 g/mol. The number of hydrogen-bond donors (Lipinski definition) is 2. The number of carbonyl (C=O) groups is 1. The number of pyridine rings is 1. The second kappa shape index (κ2) is 4.04. The summed E-state index contributed by atoms with van der Waals surface area (Å²) in [6.45, 7) is 0. The minimum Gasteiger partial charge on any atom is -0.500 e. The summed E-state index contributed by atoms with van der Waals surface area (Å²) in [5.41, 5.74) is -3.52. The molecule has 0 saturated carbocycles. The van der Waals surface area contributed by atoms with Gasteiger partial charge in [-0.1, -0.05) is 0 Å². The van der Waals surface area contributed by atoms with E-state index in [2.05, 4.69) is 4.98 Å². The summed E-state index contributed by atoms with van der Waals surface area (Å²) in [6.07, 6.45) is -2.88. The van der Waals surface area contributed by atoms with Crippen molar-refractivity contribution >= 4 is 11.7 Å². The molecule has 1 rings (SSSR count). The third-order valence-corrected chi connectivity index (χ3v) is 1.68. The highest BCUT2D eigenvalue weighted by molar-refractivity contribution is 5.90. The summed E-state index contributed by atoms with van der Waals surface area (Å²) in [5, 5.41) is 28.0. The Morgan fingerprint density at radius 3 is 2.50 bits per heavy atom. The molecule has 0 aliphatic rings. The molecule has 0 unspecified atom stereocenters. The van der Waals surface area contributed by atoms with Crippen molar-refractivity contribution < 1.29 is 28.7 Å². The molecule has 0 aromatic carbocycles. The van der Waals surface area contributed by atoms with Gasteiger partial charge in [-0.05, 0) is 0 Å². The first-order chi connectivity index (χ1) is 7.36. The van der Waals surface area contributed by atoms with Crippen molar-refractivity contribution in [3.63, 3.8) is 0 Å². The van der Waals surface area contributed by atoms with E-state index in [1.54, 1.807) is 0 Å². The molecule has 0 spiro atoms. The van der Waals surface area contributed by atoms with Crippen molar-refractivity contribution in [2.75, 3.05) is 0 Å². The van der Waals surface area contributed by atoms with Gasteiger partial charge in [-0.25, -0.2) is 18.6 Å². The van der Waals surface area contributed by atoms with Gasteiger partial charge >= 0.3 is 11.7 Å². The van der Waals surface area contributed by atoms with Crippen LogP contribution < -0.4 is 0 Å². The van der Waals surface area contributed by atoms with E-state index in [0.717, 1.165) is 0 Å². The number of rotatable bonds is 3. The molecule has 0 fully saturated rings. The molecule has 0 radical (unpaired) electrons. The van der Waals surface area contributed by atoms with E-state index in [1.165, 1.54) is 0 Å². The first-order valence-corrected chi connectivity index (χ1v) is 3.74. The standard InChI is InChI=1S/C7H4F2N2O5/c8-6(9)2-1-10-3(7(13)14)5(12)4(2)11(15)16/h1,6,12H,(H,13,14). The van der Waals surface area contributed by atoms with Gasteiger partial charge in [0.15, 0.2) is 5.69 Å². The molecule has 0 amide bonds. The predicted octanol–water partition coefficient (Wildman–Crippen LogP) is 1.33. The lowest BCUT2D eigenvalue weighted by molar-refractivity contribution is -0.387. The van der Waals surface area contributed by atoms with Gasteiger partial charge in [0.1, 0.15) is 5.56 Å². The number of carboxylic acid groups (broad SMARTS) is 1. The quantitative estimate of drug-likeness (QED) is 0.602. The fourth-order valence-corrected chi connectivity index (χ4v) is 1.01. The molecule has 1 aromatic heterocycles. The fourth-order valence-electron chi connectivity index (χ4n) is 1.01. The Morgan fingerprint density at radius 2 is 2.12 bits per heavy atom. The fraction of sp³-hybridized carbons (Fsp3) is 0.143. The van der Waals surface area contributed by atoms with E-state index in [0.29, 0.717) is 6.20 Å². The van der Waals surface area contributed by atoms with Gasteiger partial charge < -0.3 is 10.2 Å². The van der Waals surface area contributed by atoms with E-state index in [9.17, 15) is 23.7 Å². The van der Waals surface area contributed by atoms with Gasteiger partial charge in [0.25, 0.3) is 6.43 Å². The van der Waals surface area contributed by atoms with Crippen molar-refractivity contribution in [3.8, 4) is 5.75 Å². The van der Waals surface area contributed by atoms with Crippen LogP contribution in [0.3, 0.4) is 0 Å². The van der Waals surface area contributed by atoms with E-state index in [4.69, 9.17) is 10.2 Å². The normalized spacial score (nSPS) is 10.4. The van der Waals surface area contributed by atoms with Crippen molar-refractivity contribution in [1.29, 1.82) is 0 Å². The Balaban J connectivity index is 3.54. The van der Waals surface area contributed by atoms with Gasteiger partial charge in [0.05, 0.1) is 4.92 Å². The van der Waals surface area contributed by atoms with Crippen molar-refractivity contribution in [2.45, 2.75) is 6.43 Å². The van der Waals surface area contributed by atoms with Crippen LogP contribution in [0.1, 0.15) is 22.5 Å². The van der Waals surface area contributed by atoms with Gasteiger partial charge in [0.2, 0.25) is 5.75 Å². The molecule has 1 aromatic rings. The van der Waals surface area contributed by atoms with Crippen molar-refractivity contribution in [2.24, 2.45) is 0 Å². The highest BCUT2D eigenvalue weighted by Gasteiger charge is 2.31. The lowest BCUT2D eigenvalue weighted by atomic mass is 10.2. The van der Waals surface area contributed by atoms with E-state index in [-0.39, 0.29) is 0 Å². The van der Waals surface area contributed by atoms with Crippen LogP contribution >= 0.6 is 0 Å². The predicted molar refractivity (Wildman–Crippen MR) is 44.5 cm³/mol. The van der Waals surface area contributed by atoms with E-state index < -0.39 is 40.0 Å². The monoisotopic (exact) mass is 234 g/mol. The minimum absolute atomic E-state index is 0.353. The van der Waals surface area contributed by atoms with Crippen LogP contribution in [0.2, 0.25) is 0 Å².